The summed E-state index contributed by atoms with van der Waals surface area (Å²) in [6.45, 7) is 3.60. The number of carbonyl (C=O) groups excluding carboxylic acids is 1. The van der Waals surface area contributed by atoms with E-state index in [1.54, 1.807) is 22.9 Å². The predicted molar refractivity (Wildman–Crippen MR) is 92.9 cm³/mol. The fraction of sp³-hybridized carbons (Fsp3) is 0.278. The minimum absolute atomic E-state index is 0.0753. The molecule has 0 unspecified atom stereocenters. The second-order valence-electron chi connectivity index (χ2n) is 6.36. The zero-order chi connectivity index (χ0) is 16.8. The average Bonchev–Trinajstić information content (AvgIpc) is 2.88. The van der Waals surface area contributed by atoms with Crippen LogP contribution in [0.25, 0.3) is 11.0 Å². The van der Waals surface area contributed by atoms with Crippen molar-refractivity contribution in [2.45, 2.75) is 19.9 Å². The summed E-state index contributed by atoms with van der Waals surface area (Å²) in [5, 5.41) is 0. The number of benzene rings is 1. The van der Waals surface area contributed by atoms with E-state index in [2.05, 4.69) is 21.9 Å². The zero-order valence-electron chi connectivity index (χ0n) is 13.8. The molecular formula is C18H19N5O. The fourth-order valence-electron chi connectivity index (χ4n) is 3.41. The highest BCUT2D eigenvalue weighted by molar-refractivity contribution is 6.03. The molecule has 0 spiro atoms. The number of aryl methyl sites for hydroxylation is 1. The molecule has 6 heteroatoms. The molecule has 0 saturated heterocycles. The Bertz CT molecular complexity index is 959. The third-order valence-corrected chi connectivity index (χ3v) is 4.61. The summed E-state index contributed by atoms with van der Waals surface area (Å²) in [6.07, 6.45) is 4.39. The van der Waals surface area contributed by atoms with Crippen LogP contribution in [0.4, 0.5) is 5.69 Å². The number of likely N-dealkylation sites (N-methyl/N-ethyl adjacent to an activating group) is 1. The third kappa shape index (κ3) is 2.27. The Morgan fingerprint density at radius 2 is 2.12 bits per heavy atom. The van der Waals surface area contributed by atoms with E-state index in [1.807, 2.05) is 19.2 Å². The number of carbonyl (C=O) groups is 1. The number of rotatable bonds is 1. The molecule has 0 saturated carbocycles. The van der Waals surface area contributed by atoms with Crippen LogP contribution >= 0.6 is 0 Å². The number of nitrogen functional groups attached to an aromatic ring is 1. The van der Waals surface area contributed by atoms with Gasteiger partial charge in [-0.05, 0) is 49.7 Å². The van der Waals surface area contributed by atoms with Crippen LogP contribution in [0.5, 0.6) is 0 Å². The maximum Gasteiger partial charge on any atom is 0.265 e. The van der Waals surface area contributed by atoms with Gasteiger partial charge < -0.3 is 10.6 Å². The number of nitrogens with two attached hydrogens (primary N) is 1. The molecule has 0 atom stereocenters. The molecule has 0 fully saturated rings. The van der Waals surface area contributed by atoms with Gasteiger partial charge >= 0.3 is 0 Å². The summed E-state index contributed by atoms with van der Waals surface area (Å²) < 4.78 is 1.66. The number of hydrogen-bond acceptors (Lipinski definition) is 5. The second-order valence-corrected chi connectivity index (χ2v) is 6.36. The summed E-state index contributed by atoms with van der Waals surface area (Å²) >= 11 is 0. The van der Waals surface area contributed by atoms with Crippen molar-refractivity contribution in [3.63, 3.8) is 0 Å². The lowest BCUT2D eigenvalue weighted by Gasteiger charge is -2.26. The van der Waals surface area contributed by atoms with Crippen LogP contribution in [0.15, 0.2) is 30.6 Å². The molecule has 0 radical (unpaired) electrons. The van der Waals surface area contributed by atoms with Gasteiger partial charge in [-0.3, -0.25) is 14.3 Å². The van der Waals surface area contributed by atoms with Crippen molar-refractivity contribution < 1.29 is 4.79 Å². The first kappa shape index (κ1) is 14.8. The Morgan fingerprint density at radius 3 is 2.96 bits per heavy atom. The normalized spacial score (nSPS) is 14.8. The van der Waals surface area contributed by atoms with Crippen LogP contribution in [0.2, 0.25) is 0 Å². The second kappa shape index (κ2) is 5.42. The smallest absolute Gasteiger partial charge is 0.265 e. The van der Waals surface area contributed by atoms with Crippen molar-refractivity contribution >= 4 is 22.6 Å². The largest absolute Gasteiger partial charge is 0.399 e. The topological polar surface area (TPSA) is 77.0 Å². The van der Waals surface area contributed by atoms with Crippen molar-refractivity contribution in [2.24, 2.45) is 0 Å². The molecule has 2 N–H and O–H groups in total. The van der Waals surface area contributed by atoms with Crippen molar-refractivity contribution in [2.75, 3.05) is 19.3 Å². The molecule has 122 valence electrons. The summed E-state index contributed by atoms with van der Waals surface area (Å²) in [5.41, 5.74) is 10.9. The van der Waals surface area contributed by atoms with Gasteiger partial charge in [-0.2, -0.15) is 0 Å². The van der Waals surface area contributed by atoms with Gasteiger partial charge in [0.1, 0.15) is 5.82 Å². The number of anilines is 1. The predicted octanol–water partition coefficient (Wildman–Crippen LogP) is 2.00. The van der Waals surface area contributed by atoms with E-state index >= 15 is 0 Å². The van der Waals surface area contributed by atoms with Gasteiger partial charge in [-0.1, -0.05) is 0 Å². The first-order valence-electron chi connectivity index (χ1n) is 7.98. The van der Waals surface area contributed by atoms with Crippen molar-refractivity contribution in [3.8, 4) is 0 Å². The van der Waals surface area contributed by atoms with Crippen molar-refractivity contribution in [1.82, 2.24) is 19.4 Å². The van der Waals surface area contributed by atoms with Crippen LogP contribution in [-0.4, -0.2) is 38.9 Å². The molecule has 0 bridgehead atoms. The molecule has 4 rings (SSSR count). The minimum Gasteiger partial charge on any atom is -0.399 e. The molecule has 3 aromatic rings. The quantitative estimate of drug-likeness (QED) is 0.694. The zero-order valence-corrected chi connectivity index (χ0v) is 13.8. The van der Waals surface area contributed by atoms with Crippen LogP contribution in [0.1, 0.15) is 27.3 Å². The highest BCUT2D eigenvalue weighted by Gasteiger charge is 2.23. The minimum atomic E-state index is -0.0753. The molecule has 1 aliphatic rings. The molecule has 1 aliphatic heterocycles. The van der Waals surface area contributed by atoms with Crippen LogP contribution < -0.4 is 5.73 Å². The molecule has 24 heavy (non-hydrogen) atoms. The molecule has 3 heterocycles. The van der Waals surface area contributed by atoms with Gasteiger partial charge in [-0.25, -0.2) is 4.98 Å². The molecule has 6 nitrogen and oxygen atoms in total. The van der Waals surface area contributed by atoms with E-state index in [1.165, 1.54) is 0 Å². The standard InChI is InChI=1S/C18H19N5O/c1-11-21-16-7-13(19)3-4-17(16)23(11)18(24)15-9-20-8-12-10-22(2)6-5-14(12)15/h3-4,7-9H,5-6,10,19H2,1-2H3. The van der Waals surface area contributed by atoms with E-state index in [-0.39, 0.29) is 5.91 Å². The van der Waals surface area contributed by atoms with E-state index in [9.17, 15) is 4.79 Å². The Kier molecular flexibility index (Phi) is 3.35. The van der Waals surface area contributed by atoms with Gasteiger partial charge in [0.2, 0.25) is 0 Å². The number of hydrogen-bond donors (Lipinski definition) is 1. The summed E-state index contributed by atoms with van der Waals surface area (Å²) in [4.78, 5) is 24.2. The van der Waals surface area contributed by atoms with Gasteiger partial charge in [0.15, 0.2) is 0 Å². The lowest BCUT2D eigenvalue weighted by atomic mass is 9.97. The Morgan fingerprint density at radius 1 is 1.29 bits per heavy atom. The number of imidazole rings is 1. The highest BCUT2D eigenvalue weighted by Crippen LogP contribution is 2.24. The summed E-state index contributed by atoms with van der Waals surface area (Å²) in [7, 11) is 2.08. The number of nitrogens with zero attached hydrogens (tertiary/aromatic N) is 4. The first-order chi connectivity index (χ1) is 11.5. The van der Waals surface area contributed by atoms with Crippen molar-refractivity contribution in [1.29, 1.82) is 0 Å². The Labute approximate surface area is 139 Å². The summed E-state index contributed by atoms with van der Waals surface area (Å²) in [5.74, 6) is 0.583. The van der Waals surface area contributed by atoms with Crippen molar-refractivity contribution in [3.05, 3.63) is 53.1 Å². The highest BCUT2D eigenvalue weighted by atomic mass is 16.2. The molecule has 1 aromatic carbocycles. The average molecular weight is 321 g/mol. The molecular weight excluding hydrogens is 302 g/mol. The first-order valence-corrected chi connectivity index (χ1v) is 7.98. The van der Waals surface area contributed by atoms with Crippen LogP contribution in [0.3, 0.4) is 0 Å². The number of pyridine rings is 1. The summed E-state index contributed by atoms with van der Waals surface area (Å²) in [6, 6.07) is 5.43. The molecule has 0 amide bonds. The maximum atomic E-state index is 13.2. The molecule has 0 aliphatic carbocycles. The van der Waals surface area contributed by atoms with Crippen LogP contribution in [0, 0.1) is 6.92 Å². The Hall–Kier alpha value is -2.73. The molecule has 2 aromatic heterocycles. The van der Waals surface area contributed by atoms with E-state index in [0.717, 1.165) is 41.7 Å². The fourth-order valence-corrected chi connectivity index (χ4v) is 3.41. The lowest BCUT2D eigenvalue weighted by molar-refractivity contribution is 0.0960. The van der Waals surface area contributed by atoms with E-state index < -0.39 is 0 Å². The van der Waals surface area contributed by atoms with Crippen LogP contribution in [-0.2, 0) is 13.0 Å². The lowest BCUT2D eigenvalue weighted by Crippen LogP contribution is -2.29. The SMILES string of the molecule is Cc1nc2cc(N)ccc2n1C(=O)c1cncc2c1CCN(C)C2. The Balaban J connectivity index is 1.86. The maximum absolute atomic E-state index is 13.2. The van der Waals surface area contributed by atoms with E-state index in [4.69, 9.17) is 5.73 Å². The number of aromatic nitrogens is 3. The van der Waals surface area contributed by atoms with Gasteiger partial charge in [0.25, 0.3) is 5.91 Å². The van der Waals surface area contributed by atoms with Gasteiger partial charge in [0, 0.05) is 31.2 Å². The van der Waals surface area contributed by atoms with Gasteiger partial charge in [0.05, 0.1) is 16.6 Å². The van der Waals surface area contributed by atoms with Gasteiger partial charge in [-0.15, -0.1) is 0 Å². The number of fused-ring (bicyclic) bond motifs is 2. The monoisotopic (exact) mass is 321 g/mol. The third-order valence-electron chi connectivity index (χ3n) is 4.61. The van der Waals surface area contributed by atoms with E-state index in [0.29, 0.717) is 17.1 Å².